The number of aromatic nitrogens is 2. The summed E-state index contributed by atoms with van der Waals surface area (Å²) >= 11 is 1.19. The van der Waals surface area contributed by atoms with E-state index in [1.165, 1.54) is 11.3 Å². The van der Waals surface area contributed by atoms with Crippen molar-refractivity contribution in [2.75, 3.05) is 11.1 Å². The molecule has 0 atom stereocenters. The number of anilines is 2. The lowest BCUT2D eigenvalue weighted by molar-refractivity contribution is -0.120. The van der Waals surface area contributed by atoms with Gasteiger partial charge in [-0.25, -0.2) is 0 Å². The molecule has 90 valence electrons. The molecule has 0 aliphatic rings. The Morgan fingerprint density at radius 3 is 2.44 bits per heavy atom. The number of rotatable bonds is 6. The molecule has 0 unspecified atom stereocenters. The Hall–Kier alpha value is -1.17. The Bertz CT molecular complexity index is 333. The number of carbonyl (C=O) groups is 1. The molecule has 1 rings (SSSR count). The Morgan fingerprint density at radius 2 is 2.00 bits per heavy atom. The van der Waals surface area contributed by atoms with E-state index in [4.69, 9.17) is 5.73 Å². The lowest BCUT2D eigenvalue weighted by Gasteiger charge is -2.13. The first kappa shape index (κ1) is 12.9. The molecule has 0 aliphatic carbocycles. The van der Waals surface area contributed by atoms with Crippen LogP contribution in [0.5, 0.6) is 0 Å². The fourth-order valence-electron chi connectivity index (χ4n) is 1.60. The Morgan fingerprint density at radius 1 is 1.38 bits per heavy atom. The Labute approximate surface area is 99.5 Å². The van der Waals surface area contributed by atoms with Crippen molar-refractivity contribution in [3.05, 3.63) is 0 Å². The predicted octanol–water partition coefficient (Wildman–Crippen LogP) is 2.28. The average Bonchev–Trinajstić information content (AvgIpc) is 2.63. The second-order valence-electron chi connectivity index (χ2n) is 3.71. The van der Waals surface area contributed by atoms with Crippen LogP contribution < -0.4 is 11.1 Å². The molecule has 1 heterocycles. The maximum absolute atomic E-state index is 11.9. The van der Waals surface area contributed by atoms with Crippen molar-refractivity contribution in [3.8, 4) is 0 Å². The molecule has 0 aliphatic heterocycles. The molecule has 16 heavy (non-hydrogen) atoms. The zero-order chi connectivity index (χ0) is 12.0. The molecule has 0 saturated carbocycles. The SMILES string of the molecule is CCCC(CCC)C(=O)Nc1nnc(N)s1. The van der Waals surface area contributed by atoms with E-state index in [-0.39, 0.29) is 11.8 Å². The quantitative estimate of drug-likeness (QED) is 0.801. The van der Waals surface area contributed by atoms with Crippen molar-refractivity contribution in [2.45, 2.75) is 39.5 Å². The van der Waals surface area contributed by atoms with E-state index in [2.05, 4.69) is 29.4 Å². The second-order valence-corrected chi connectivity index (χ2v) is 4.72. The van der Waals surface area contributed by atoms with E-state index in [0.29, 0.717) is 10.3 Å². The fourth-order valence-corrected chi connectivity index (χ4v) is 2.11. The number of carbonyl (C=O) groups excluding carboxylic acids is 1. The number of amides is 1. The summed E-state index contributed by atoms with van der Waals surface area (Å²) in [5.74, 6) is 0.0972. The van der Waals surface area contributed by atoms with Crippen LogP contribution in [0.25, 0.3) is 0 Å². The molecule has 0 saturated heterocycles. The van der Waals surface area contributed by atoms with E-state index >= 15 is 0 Å². The van der Waals surface area contributed by atoms with E-state index in [1.807, 2.05) is 0 Å². The van der Waals surface area contributed by atoms with Crippen LogP contribution in [0.2, 0.25) is 0 Å². The summed E-state index contributed by atoms with van der Waals surface area (Å²) in [7, 11) is 0. The van der Waals surface area contributed by atoms with Gasteiger partial charge in [-0.05, 0) is 12.8 Å². The molecule has 0 aromatic carbocycles. The number of nitrogen functional groups attached to an aromatic ring is 1. The van der Waals surface area contributed by atoms with Gasteiger partial charge in [0.15, 0.2) is 0 Å². The summed E-state index contributed by atoms with van der Waals surface area (Å²) in [6.07, 6.45) is 3.84. The predicted molar refractivity (Wildman–Crippen MR) is 66.3 cm³/mol. The molecule has 6 heteroatoms. The van der Waals surface area contributed by atoms with Gasteiger partial charge in [0.1, 0.15) is 0 Å². The smallest absolute Gasteiger partial charge is 0.229 e. The third kappa shape index (κ3) is 3.77. The molecule has 5 nitrogen and oxygen atoms in total. The first-order valence-corrected chi connectivity index (χ1v) is 6.38. The fraction of sp³-hybridized carbons (Fsp3) is 0.700. The highest BCUT2D eigenvalue weighted by Gasteiger charge is 2.17. The molecule has 1 amide bonds. The van der Waals surface area contributed by atoms with Crippen molar-refractivity contribution in [2.24, 2.45) is 5.92 Å². The first-order chi connectivity index (χ1) is 7.67. The monoisotopic (exact) mass is 242 g/mol. The highest BCUT2D eigenvalue weighted by Crippen LogP contribution is 2.20. The van der Waals surface area contributed by atoms with Gasteiger partial charge in [0.05, 0.1) is 0 Å². The van der Waals surface area contributed by atoms with Crippen molar-refractivity contribution >= 4 is 27.5 Å². The van der Waals surface area contributed by atoms with Gasteiger partial charge in [0, 0.05) is 5.92 Å². The van der Waals surface area contributed by atoms with Crippen LogP contribution in [0.3, 0.4) is 0 Å². The maximum Gasteiger partial charge on any atom is 0.229 e. The van der Waals surface area contributed by atoms with Gasteiger partial charge in [-0.15, -0.1) is 10.2 Å². The number of nitrogens with two attached hydrogens (primary N) is 1. The number of hydrogen-bond acceptors (Lipinski definition) is 5. The van der Waals surface area contributed by atoms with Gasteiger partial charge >= 0.3 is 0 Å². The summed E-state index contributed by atoms with van der Waals surface area (Å²) in [6.45, 7) is 4.16. The van der Waals surface area contributed by atoms with Crippen molar-refractivity contribution < 1.29 is 4.79 Å². The number of nitrogens with one attached hydrogen (secondary N) is 1. The Balaban J connectivity index is 2.54. The summed E-state index contributed by atoms with van der Waals surface area (Å²) in [4.78, 5) is 11.9. The van der Waals surface area contributed by atoms with Crippen LogP contribution in [0, 0.1) is 5.92 Å². The van der Waals surface area contributed by atoms with Gasteiger partial charge in [-0.2, -0.15) is 0 Å². The molecule has 0 radical (unpaired) electrons. The third-order valence-corrected chi connectivity index (χ3v) is 2.98. The lowest BCUT2D eigenvalue weighted by Crippen LogP contribution is -2.22. The Kier molecular flexibility index (Phi) is 5.18. The van der Waals surface area contributed by atoms with Crippen LogP contribution >= 0.6 is 11.3 Å². The maximum atomic E-state index is 11.9. The number of hydrogen-bond donors (Lipinski definition) is 2. The zero-order valence-corrected chi connectivity index (χ0v) is 10.5. The second kappa shape index (κ2) is 6.42. The van der Waals surface area contributed by atoms with Crippen molar-refractivity contribution in [1.82, 2.24) is 10.2 Å². The van der Waals surface area contributed by atoms with Crippen LogP contribution in [0.15, 0.2) is 0 Å². The third-order valence-electron chi connectivity index (χ3n) is 2.32. The summed E-state index contributed by atoms with van der Waals surface area (Å²) in [5.41, 5.74) is 5.44. The largest absolute Gasteiger partial charge is 0.374 e. The molecule has 3 N–H and O–H groups in total. The van der Waals surface area contributed by atoms with Crippen LogP contribution in [0.4, 0.5) is 10.3 Å². The molecule has 0 fully saturated rings. The minimum absolute atomic E-state index is 0.0276. The normalized spacial score (nSPS) is 10.7. The van der Waals surface area contributed by atoms with Crippen LogP contribution in [-0.4, -0.2) is 16.1 Å². The van der Waals surface area contributed by atoms with Crippen LogP contribution in [0.1, 0.15) is 39.5 Å². The van der Waals surface area contributed by atoms with Gasteiger partial charge in [-0.1, -0.05) is 38.0 Å². The highest BCUT2D eigenvalue weighted by atomic mass is 32.1. The molecule has 0 spiro atoms. The molecular weight excluding hydrogens is 224 g/mol. The zero-order valence-electron chi connectivity index (χ0n) is 9.69. The first-order valence-electron chi connectivity index (χ1n) is 5.57. The van der Waals surface area contributed by atoms with Crippen molar-refractivity contribution in [3.63, 3.8) is 0 Å². The van der Waals surface area contributed by atoms with Gasteiger partial charge in [-0.3, -0.25) is 4.79 Å². The standard InChI is InChI=1S/C10H18N4OS/c1-3-5-7(6-4-2)8(15)12-10-14-13-9(11)16-10/h7H,3-6H2,1-2H3,(H2,11,13)(H,12,14,15). The highest BCUT2D eigenvalue weighted by molar-refractivity contribution is 7.18. The molecule has 1 aromatic rings. The van der Waals surface area contributed by atoms with E-state index in [9.17, 15) is 4.79 Å². The lowest BCUT2D eigenvalue weighted by atomic mass is 9.97. The van der Waals surface area contributed by atoms with Gasteiger partial charge in [0.25, 0.3) is 0 Å². The van der Waals surface area contributed by atoms with E-state index < -0.39 is 0 Å². The average molecular weight is 242 g/mol. The number of nitrogens with zero attached hydrogens (tertiary/aromatic N) is 2. The van der Waals surface area contributed by atoms with Gasteiger partial charge < -0.3 is 11.1 Å². The van der Waals surface area contributed by atoms with Gasteiger partial charge in [0.2, 0.25) is 16.2 Å². The summed E-state index contributed by atoms with van der Waals surface area (Å²) in [6, 6.07) is 0. The minimum Gasteiger partial charge on any atom is -0.374 e. The molecule has 0 bridgehead atoms. The van der Waals surface area contributed by atoms with Crippen molar-refractivity contribution in [1.29, 1.82) is 0 Å². The molecular formula is C10H18N4OS. The minimum atomic E-state index is 0.0276. The molecule has 1 aromatic heterocycles. The topological polar surface area (TPSA) is 80.9 Å². The summed E-state index contributed by atoms with van der Waals surface area (Å²) < 4.78 is 0. The van der Waals surface area contributed by atoms with Crippen LogP contribution in [-0.2, 0) is 4.79 Å². The van der Waals surface area contributed by atoms with E-state index in [1.54, 1.807) is 0 Å². The summed E-state index contributed by atoms with van der Waals surface area (Å²) in [5, 5.41) is 11.0. The van der Waals surface area contributed by atoms with E-state index in [0.717, 1.165) is 25.7 Å².